The Bertz CT molecular complexity index is 1450. The summed E-state index contributed by atoms with van der Waals surface area (Å²) in [6.07, 6.45) is 0. The number of amides is 1. The molecule has 0 fully saturated rings. The quantitative estimate of drug-likeness (QED) is 0.382. The Hall–Kier alpha value is -3.29. The number of anilines is 1. The number of aromatic hydroxyl groups is 1. The normalized spacial score (nSPS) is 15.3. The predicted molar refractivity (Wildman–Crippen MR) is 125 cm³/mol. The molecule has 1 aliphatic heterocycles. The summed E-state index contributed by atoms with van der Waals surface area (Å²) in [5.41, 5.74) is 1.39. The van der Waals surface area contributed by atoms with Gasteiger partial charge in [0.15, 0.2) is 5.43 Å². The van der Waals surface area contributed by atoms with Crippen molar-refractivity contribution in [3.63, 3.8) is 0 Å². The van der Waals surface area contributed by atoms with Crippen LogP contribution in [0, 0.1) is 0 Å². The number of fused-ring (bicyclic) bond motifs is 2. The molecular formula is C24H15BrClNO5. The second-order valence-electron chi connectivity index (χ2n) is 7.30. The molecule has 0 spiro atoms. The van der Waals surface area contributed by atoms with E-state index in [2.05, 4.69) is 15.9 Å². The molecule has 0 bridgehead atoms. The average molecular weight is 513 g/mol. The lowest BCUT2D eigenvalue weighted by atomic mass is 9.98. The minimum atomic E-state index is -0.762. The highest BCUT2D eigenvalue weighted by Crippen LogP contribution is 2.43. The Kier molecular flexibility index (Phi) is 4.95. The van der Waals surface area contributed by atoms with Gasteiger partial charge < -0.3 is 14.3 Å². The zero-order chi connectivity index (χ0) is 22.6. The standard InChI is InChI=1S/C24H15BrClNO5/c1-31-19-9-5-14(11-17(19)26)27-21(12-2-6-15(28)7-3-12)20-22(29)16-10-13(25)4-8-18(16)32-23(20)24(27)30/h2-11,21,28H,1H3. The number of ether oxygens (including phenoxy) is 1. The van der Waals surface area contributed by atoms with Gasteiger partial charge in [-0.3, -0.25) is 14.5 Å². The van der Waals surface area contributed by atoms with Crippen molar-refractivity contribution in [2.75, 3.05) is 12.0 Å². The lowest BCUT2D eigenvalue weighted by Gasteiger charge is -2.25. The Labute approximate surface area is 195 Å². The molecule has 1 atom stereocenters. The summed E-state index contributed by atoms with van der Waals surface area (Å²) in [6.45, 7) is 0. The first-order valence-electron chi connectivity index (χ1n) is 9.61. The van der Waals surface area contributed by atoms with E-state index in [4.69, 9.17) is 20.8 Å². The molecule has 160 valence electrons. The van der Waals surface area contributed by atoms with E-state index < -0.39 is 11.9 Å². The third-order valence-electron chi connectivity index (χ3n) is 5.45. The number of methoxy groups -OCH3 is 1. The third-order valence-corrected chi connectivity index (χ3v) is 6.24. The molecule has 6 nitrogen and oxygen atoms in total. The van der Waals surface area contributed by atoms with Gasteiger partial charge in [0.25, 0.3) is 5.91 Å². The van der Waals surface area contributed by atoms with Crippen molar-refractivity contribution in [2.24, 2.45) is 0 Å². The van der Waals surface area contributed by atoms with Gasteiger partial charge in [-0.1, -0.05) is 39.7 Å². The summed E-state index contributed by atoms with van der Waals surface area (Å²) >= 11 is 9.71. The number of nitrogens with zero attached hydrogens (tertiary/aromatic N) is 1. The van der Waals surface area contributed by atoms with Crippen LogP contribution >= 0.6 is 27.5 Å². The first-order chi connectivity index (χ1) is 15.4. The number of hydrogen-bond acceptors (Lipinski definition) is 5. The first kappa shape index (κ1) is 20.6. The summed E-state index contributed by atoms with van der Waals surface area (Å²) in [6, 6.07) is 15.6. The van der Waals surface area contributed by atoms with Crippen LogP contribution < -0.4 is 15.1 Å². The first-order valence-corrected chi connectivity index (χ1v) is 10.8. The third kappa shape index (κ3) is 3.16. The molecule has 2 heterocycles. The molecule has 0 aliphatic carbocycles. The van der Waals surface area contributed by atoms with Crippen LogP contribution in [0.3, 0.4) is 0 Å². The van der Waals surface area contributed by atoms with E-state index in [0.29, 0.717) is 33.0 Å². The summed E-state index contributed by atoms with van der Waals surface area (Å²) in [4.78, 5) is 28.6. The van der Waals surface area contributed by atoms with Gasteiger partial charge in [-0.15, -0.1) is 0 Å². The van der Waals surface area contributed by atoms with E-state index in [1.54, 1.807) is 48.5 Å². The van der Waals surface area contributed by atoms with Gasteiger partial charge in [0.2, 0.25) is 5.76 Å². The minimum Gasteiger partial charge on any atom is -0.508 e. The zero-order valence-corrected chi connectivity index (χ0v) is 19.0. The van der Waals surface area contributed by atoms with Crippen LogP contribution in [-0.4, -0.2) is 18.1 Å². The molecule has 1 aromatic heterocycles. The number of carbonyl (C=O) groups is 1. The summed E-state index contributed by atoms with van der Waals surface area (Å²) < 4.78 is 11.9. The van der Waals surface area contributed by atoms with Crippen molar-refractivity contribution >= 4 is 50.1 Å². The van der Waals surface area contributed by atoms with Gasteiger partial charge >= 0.3 is 0 Å². The molecule has 1 N–H and O–H groups in total. The minimum absolute atomic E-state index is 0.0187. The van der Waals surface area contributed by atoms with Gasteiger partial charge in [-0.05, 0) is 54.1 Å². The van der Waals surface area contributed by atoms with Crippen molar-refractivity contribution in [1.29, 1.82) is 0 Å². The highest BCUT2D eigenvalue weighted by atomic mass is 79.9. The van der Waals surface area contributed by atoms with E-state index in [0.717, 1.165) is 4.47 Å². The van der Waals surface area contributed by atoms with Crippen LogP contribution in [0.15, 0.2) is 74.3 Å². The van der Waals surface area contributed by atoms with Crippen LogP contribution in [0.2, 0.25) is 5.02 Å². The van der Waals surface area contributed by atoms with E-state index in [-0.39, 0.29) is 22.5 Å². The monoisotopic (exact) mass is 511 g/mol. The van der Waals surface area contributed by atoms with Gasteiger partial charge in [0, 0.05) is 10.2 Å². The molecule has 1 aliphatic rings. The van der Waals surface area contributed by atoms with Gasteiger partial charge in [-0.2, -0.15) is 0 Å². The smallest absolute Gasteiger partial charge is 0.295 e. The molecule has 0 saturated carbocycles. The van der Waals surface area contributed by atoms with E-state index in [9.17, 15) is 14.7 Å². The molecule has 0 saturated heterocycles. The fourth-order valence-electron chi connectivity index (χ4n) is 3.99. The molecule has 5 rings (SSSR count). The zero-order valence-electron chi connectivity index (χ0n) is 16.6. The Balaban J connectivity index is 1.80. The number of phenols is 1. The van der Waals surface area contributed by atoms with Crippen molar-refractivity contribution in [2.45, 2.75) is 6.04 Å². The van der Waals surface area contributed by atoms with E-state index >= 15 is 0 Å². The van der Waals surface area contributed by atoms with Crippen LogP contribution in [0.25, 0.3) is 11.0 Å². The van der Waals surface area contributed by atoms with Gasteiger partial charge in [0.1, 0.15) is 17.1 Å². The lowest BCUT2D eigenvalue weighted by Crippen LogP contribution is -2.29. The van der Waals surface area contributed by atoms with Crippen LogP contribution in [0.4, 0.5) is 5.69 Å². The highest BCUT2D eigenvalue weighted by Gasteiger charge is 2.43. The largest absolute Gasteiger partial charge is 0.508 e. The molecule has 4 aromatic rings. The van der Waals surface area contributed by atoms with Crippen molar-refractivity contribution in [3.05, 3.63) is 97.3 Å². The Morgan fingerprint density at radius 3 is 2.50 bits per heavy atom. The van der Waals surface area contributed by atoms with Crippen LogP contribution in [0.1, 0.15) is 27.7 Å². The Morgan fingerprint density at radius 1 is 1.06 bits per heavy atom. The summed E-state index contributed by atoms with van der Waals surface area (Å²) in [5, 5.41) is 10.4. The molecule has 3 aromatic carbocycles. The van der Waals surface area contributed by atoms with Crippen LogP contribution in [-0.2, 0) is 0 Å². The number of phenolic OH excluding ortho intramolecular Hbond substituents is 1. The van der Waals surface area contributed by atoms with Crippen LogP contribution in [0.5, 0.6) is 11.5 Å². The average Bonchev–Trinajstić information content (AvgIpc) is 3.07. The fourth-order valence-corrected chi connectivity index (χ4v) is 4.60. The van der Waals surface area contributed by atoms with Crippen molar-refractivity contribution < 1.29 is 19.1 Å². The topological polar surface area (TPSA) is 80.0 Å². The van der Waals surface area contributed by atoms with Gasteiger partial charge in [-0.25, -0.2) is 0 Å². The predicted octanol–water partition coefficient (Wildman–Crippen LogP) is 5.67. The fraction of sp³-hybridized carbons (Fsp3) is 0.0833. The Morgan fingerprint density at radius 2 is 1.81 bits per heavy atom. The molecule has 8 heteroatoms. The number of benzene rings is 3. The SMILES string of the molecule is COc1ccc(N2C(=O)c3oc4ccc(Br)cc4c(=O)c3C2c2ccc(O)cc2)cc1Cl. The maximum atomic E-state index is 13.6. The molecule has 32 heavy (non-hydrogen) atoms. The van der Waals surface area contributed by atoms with Crippen molar-refractivity contribution in [3.8, 4) is 11.5 Å². The van der Waals surface area contributed by atoms with Gasteiger partial charge in [0.05, 0.1) is 29.1 Å². The lowest BCUT2D eigenvalue weighted by molar-refractivity contribution is 0.0971. The van der Waals surface area contributed by atoms with E-state index in [1.807, 2.05) is 0 Å². The summed E-state index contributed by atoms with van der Waals surface area (Å²) in [7, 11) is 1.50. The second-order valence-corrected chi connectivity index (χ2v) is 8.63. The molecule has 0 radical (unpaired) electrons. The number of carbonyl (C=O) groups excluding carboxylic acids is 1. The molecule has 1 amide bonds. The number of rotatable bonds is 3. The maximum Gasteiger partial charge on any atom is 0.295 e. The maximum absolute atomic E-state index is 13.6. The molecular weight excluding hydrogens is 498 g/mol. The van der Waals surface area contributed by atoms with Crippen molar-refractivity contribution in [1.82, 2.24) is 0 Å². The summed E-state index contributed by atoms with van der Waals surface area (Å²) in [5.74, 6) is 0.0634. The van der Waals surface area contributed by atoms with E-state index in [1.165, 1.54) is 24.1 Å². The molecule has 1 unspecified atom stereocenters. The number of halogens is 2. The number of hydrogen-bond donors (Lipinski definition) is 1. The second kappa shape index (κ2) is 7.69. The highest BCUT2D eigenvalue weighted by molar-refractivity contribution is 9.10.